The summed E-state index contributed by atoms with van der Waals surface area (Å²) >= 11 is 0. The smallest absolute Gasteiger partial charge is 0.222 e. The number of allylic oxidation sites excluding steroid dienone is 4. The molecule has 1 aromatic heterocycles. The van der Waals surface area contributed by atoms with Gasteiger partial charge in [-0.1, -0.05) is 33.1 Å². The predicted octanol–water partition coefficient (Wildman–Crippen LogP) is 4.50. The van der Waals surface area contributed by atoms with E-state index in [-0.39, 0.29) is 23.7 Å². The molecule has 0 aliphatic rings. The molecule has 1 aromatic rings. The van der Waals surface area contributed by atoms with Gasteiger partial charge in [-0.3, -0.25) is 4.79 Å². The number of hydrogen-bond acceptors (Lipinski definition) is 5. The van der Waals surface area contributed by atoms with Gasteiger partial charge in [0, 0.05) is 24.7 Å². The summed E-state index contributed by atoms with van der Waals surface area (Å²) < 4.78 is 18.9. The van der Waals surface area contributed by atoms with Crippen molar-refractivity contribution in [3.8, 4) is 0 Å². The van der Waals surface area contributed by atoms with Gasteiger partial charge in [0.15, 0.2) is 23.1 Å². The van der Waals surface area contributed by atoms with Gasteiger partial charge >= 0.3 is 0 Å². The Morgan fingerprint density at radius 2 is 2.12 bits per heavy atom. The highest BCUT2D eigenvalue weighted by molar-refractivity contribution is 5.97. The van der Waals surface area contributed by atoms with Gasteiger partial charge in [0.1, 0.15) is 0 Å². The fraction of sp³-hybridized carbons (Fsp3) is 0.316. The van der Waals surface area contributed by atoms with Crippen molar-refractivity contribution in [2.45, 2.75) is 33.6 Å². The lowest BCUT2D eigenvalue weighted by Gasteiger charge is -2.11. The Labute approximate surface area is 148 Å². The first kappa shape index (κ1) is 20.3. The molecule has 25 heavy (non-hydrogen) atoms. The van der Waals surface area contributed by atoms with Crippen LogP contribution < -0.4 is 5.32 Å². The lowest BCUT2D eigenvalue weighted by molar-refractivity contribution is -0.117. The molecule has 0 saturated carbocycles. The van der Waals surface area contributed by atoms with E-state index in [9.17, 15) is 9.18 Å². The number of aryl methyl sites for hydroxylation is 1. The lowest BCUT2D eigenvalue weighted by atomic mass is 10.1. The quantitative estimate of drug-likeness (QED) is 0.384. The SMILES string of the molecule is C=C/C=C(/O/C(=C/c1cnc(NCCC)nc1C)C(=O)CC)C(=C)F. The second-order valence-electron chi connectivity index (χ2n) is 5.22. The number of rotatable bonds is 10. The molecule has 0 atom stereocenters. The fourth-order valence-corrected chi connectivity index (χ4v) is 1.83. The van der Waals surface area contributed by atoms with Crippen LogP contribution in [0.25, 0.3) is 6.08 Å². The number of Topliss-reactive ketones (excluding diaryl/α,β-unsaturated/α-hetero) is 1. The van der Waals surface area contributed by atoms with E-state index < -0.39 is 5.83 Å². The summed E-state index contributed by atoms with van der Waals surface area (Å²) in [4.78, 5) is 20.7. The maximum atomic E-state index is 13.5. The van der Waals surface area contributed by atoms with Crippen LogP contribution in [-0.4, -0.2) is 22.3 Å². The first-order valence-electron chi connectivity index (χ1n) is 8.10. The number of anilines is 1. The van der Waals surface area contributed by atoms with Crippen molar-refractivity contribution in [1.29, 1.82) is 0 Å². The molecule has 0 amide bonds. The molecule has 0 bridgehead atoms. The van der Waals surface area contributed by atoms with Gasteiger partial charge in [0.25, 0.3) is 0 Å². The Morgan fingerprint density at radius 3 is 2.64 bits per heavy atom. The number of hydrogen-bond donors (Lipinski definition) is 1. The summed E-state index contributed by atoms with van der Waals surface area (Å²) in [5.41, 5.74) is 1.29. The molecular weight excluding hydrogens is 321 g/mol. The number of carbonyl (C=O) groups is 1. The van der Waals surface area contributed by atoms with Crippen LogP contribution in [-0.2, 0) is 9.53 Å². The average Bonchev–Trinajstić information content (AvgIpc) is 2.59. The van der Waals surface area contributed by atoms with Crippen LogP contribution >= 0.6 is 0 Å². The first-order valence-corrected chi connectivity index (χ1v) is 8.10. The van der Waals surface area contributed by atoms with E-state index in [0.717, 1.165) is 13.0 Å². The molecule has 0 spiro atoms. The number of halogens is 1. The lowest BCUT2D eigenvalue weighted by Crippen LogP contribution is -2.08. The predicted molar refractivity (Wildman–Crippen MR) is 98.4 cm³/mol. The Bertz CT molecular complexity index is 709. The van der Waals surface area contributed by atoms with Gasteiger partial charge in [-0.15, -0.1) is 0 Å². The van der Waals surface area contributed by atoms with E-state index in [1.54, 1.807) is 20.0 Å². The number of ether oxygens (including phenoxy) is 1. The summed E-state index contributed by atoms with van der Waals surface area (Å²) in [6, 6.07) is 0. The van der Waals surface area contributed by atoms with Crippen LogP contribution in [0.3, 0.4) is 0 Å². The molecule has 5 nitrogen and oxygen atoms in total. The van der Waals surface area contributed by atoms with Crippen molar-refractivity contribution < 1.29 is 13.9 Å². The van der Waals surface area contributed by atoms with E-state index >= 15 is 0 Å². The Balaban J connectivity index is 3.18. The molecule has 0 saturated heterocycles. The van der Waals surface area contributed by atoms with Crippen LogP contribution in [0.15, 0.2) is 48.9 Å². The third kappa shape index (κ3) is 6.33. The van der Waals surface area contributed by atoms with Crippen molar-refractivity contribution >= 4 is 17.8 Å². The third-order valence-electron chi connectivity index (χ3n) is 3.19. The molecule has 0 unspecified atom stereocenters. The van der Waals surface area contributed by atoms with Crippen molar-refractivity contribution in [3.05, 3.63) is 60.1 Å². The van der Waals surface area contributed by atoms with Crippen molar-refractivity contribution in [2.24, 2.45) is 0 Å². The second kappa shape index (κ2) is 10.2. The Morgan fingerprint density at radius 1 is 1.40 bits per heavy atom. The zero-order valence-corrected chi connectivity index (χ0v) is 14.9. The monoisotopic (exact) mass is 345 g/mol. The minimum atomic E-state index is -0.790. The van der Waals surface area contributed by atoms with Crippen molar-refractivity contribution in [3.63, 3.8) is 0 Å². The second-order valence-corrected chi connectivity index (χ2v) is 5.22. The molecule has 6 heteroatoms. The van der Waals surface area contributed by atoms with Gasteiger partial charge in [0.2, 0.25) is 5.95 Å². The number of carbonyl (C=O) groups excluding carboxylic acids is 1. The van der Waals surface area contributed by atoms with E-state index in [4.69, 9.17) is 4.74 Å². The van der Waals surface area contributed by atoms with E-state index in [1.165, 1.54) is 18.2 Å². The van der Waals surface area contributed by atoms with Gasteiger partial charge in [-0.05, 0) is 25.5 Å². The Kier molecular flexibility index (Phi) is 8.26. The van der Waals surface area contributed by atoms with Crippen molar-refractivity contribution in [2.75, 3.05) is 11.9 Å². The maximum Gasteiger partial charge on any atom is 0.222 e. The third-order valence-corrected chi connectivity index (χ3v) is 3.19. The number of ketones is 1. The van der Waals surface area contributed by atoms with E-state index in [1.807, 2.05) is 6.92 Å². The molecule has 134 valence electrons. The van der Waals surface area contributed by atoms with Crippen LogP contribution in [0.1, 0.15) is 37.9 Å². The van der Waals surface area contributed by atoms with Crippen molar-refractivity contribution in [1.82, 2.24) is 9.97 Å². The number of aromatic nitrogens is 2. The maximum absolute atomic E-state index is 13.5. The summed E-state index contributed by atoms with van der Waals surface area (Å²) in [5, 5.41) is 3.09. The first-order chi connectivity index (χ1) is 11.9. The average molecular weight is 345 g/mol. The van der Waals surface area contributed by atoms with Gasteiger partial charge in [0.05, 0.1) is 5.69 Å². The van der Waals surface area contributed by atoms with Gasteiger partial charge in [-0.25, -0.2) is 14.4 Å². The minimum absolute atomic E-state index is 0.00429. The topological polar surface area (TPSA) is 64.1 Å². The van der Waals surface area contributed by atoms with Crippen LogP contribution in [0.2, 0.25) is 0 Å². The van der Waals surface area contributed by atoms with Crippen LogP contribution in [0, 0.1) is 6.92 Å². The number of nitrogens with zero attached hydrogens (tertiary/aromatic N) is 2. The molecule has 1 N–H and O–H groups in total. The highest BCUT2D eigenvalue weighted by atomic mass is 19.1. The molecule has 1 heterocycles. The largest absolute Gasteiger partial charge is 0.451 e. The normalized spacial score (nSPS) is 11.8. The van der Waals surface area contributed by atoms with E-state index in [0.29, 0.717) is 17.2 Å². The summed E-state index contributed by atoms with van der Waals surface area (Å²) in [6.07, 6.45) is 6.93. The van der Waals surface area contributed by atoms with Crippen LogP contribution in [0.4, 0.5) is 10.3 Å². The fourth-order valence-electron chi connectivity index (χ4n) is 1.83. The molecule has 0 aliphatic heterocycles. The summed E-state index contributed by atoms with van der Waals surface area (Å²) in [6.45, 7) is 13.0. The standard InChI is InChI=1S/C19H24FN3O2/c1-6-9-17(13(4)20)25-18(16(24)8-3)11-15-12-22-19(21-10-7-2)23-14(15)5/h6,9,11-12H,1,4,7-8,10H2,2-3,5H3,(H,21,22,23)/b17-9+,18-11+. The highest BCUT2D eigenvalue weighted by Gasteiger charge is 2.15. The molecule has 0 aliphatic carbocycles. The van der Waals surface area contributed by atoms with Gasteiger partial charge in [-0.2, -0.15) is 0 Å². The molecule has 0 aromatic carbocycles. The number of nitrogens with one attached hydrogen (secondary N) is 1. The summed E-state index contributed by atoms with van der Waals surface area (Å²) in [5.74, 6) is -0.714. The molecule has 1 rings (SSSR count). The Hall–Kier alpha value is -2.76. The zero-order chi connectivity index (χ0) is 18.8. The molecular formula is C19H24FN3O2. The minimum Gasteiger partial charge on any atom is -0.451 e. The highest BCUT2D eigenvalue weighted by Crippen LogP contribution is 2.20. The van der Waals surface area contributed by atoms with Crippen LogP contribution in [0.5, 0.6) is 0 Å². The summed E-state index contributed by atoms with van der Waals surface area (Å²) in [7, 11) is 0. The van der Waals surface area contributed by atoms with Gasteiger partial charge < -0.3 is 10.1 Å². The molecule has 0 radical (unpaired) electrons. The van der Waals surface area contributed by atoms with E-state index in [2.05, 4.69) is 28.4 Å². The zero-order valence-electron chi connectivity index (χ0n) is 14.9. The molecule has 0 fully saturated rings.